The summed E-state index contributed by atoms with van der Waals surface area (Å²) in [5, 5.41) is 148. The zero-order valence-electron chi connectivity index (χ0n) is 29.0. The van der Waals surface area contributed by atoms with Gasteiger partial charge in [-0.05, 0) is 0 Å². The number of carboxylic acid groups (broad SMARTS) is 1. The third-order valence-electron chi connectivity index (χ3n) is 9.97. The Morgan fingerprint density at radius 2 is 1.33 bits per heavy atom. The van der Waals surface area contributed by atoms with Gasteiger partial charge in [-0.2, -0.15) is 0 Å². The van der Waals surface area contributed by atoms with E-state index < -0.39 is 173 Å². The first-order valence-corrected chi connectivity index (χ1v) is 17.1. The quantitative estimate of drug-likeness (QED) is 0.0776. The summed E-state index contributed by atoms with van der Waals surface area (Å²) in [6, 6.07) is -1.64. The number of ether oxygens (including phenoxy) is 7. The van der Waals surface area contributed by atoms with Crippen molar-refractivity contribution in [3.05, 3.63) is 0 Å². The maximum absolute atomic E-state index is 13.0. The Balaban J connectivity index is 1.79. The van der Waals surface area contributed by atoms with Crippen molar-refractivity contribution in [3.8, 4) is 0 Å². The van der Waals surface area contributed by atoms with Gasteiger partial charge >= 0.3 is 5.97 Å². The van der Waals surface area contributed by atoms with Crippen LogP contribution in [0.3, 0.4) is 0 Å². The van der Waals surface area contributed by atoms with E-state index in [2.05, 4.69) is 5.32 Å². The Hall–Kier alpha value is -1.86. The van der Waals surface area contributed by atoms with Crippen LogP contribution < -0.4 is 5.32 Å². The Kier molecular flexibility index (Phi) is 15.4. The van der Waals surface area contributed by atoms with Gasteiger partial charge in [-0.3, -0.25) is 4.79 Å². The summed E-state index contributed by atoms with van der Waals surface area (Å²) < 4.78 is 39.7. The lowest BCUT2D eigenvalue weighted by Crippen LogP contribution is -2.70. The first-order chi connectivity index (χ1) is 25.4. The Morgan fingerprint density at radius 1 is 0.759 bits per heavy atom. The van der Waals surface area contributed by atoms with E-state index in [1.165, 1.54) is 6.92 Å². The van der Waals surface area contributed by atoms with Crippen LogP contribution in [0, 0.1) is 5.92 Å². The largest absolute Gasteiger partial charge is 0.477 e. The topological polar surface area (TPSA) is 394 Å². The molecule has 24 nitrogen and oxygen atoms in total. The van der Waals surface area contributed by atoms with Gasteiger partial charge in [0.2, 0.25) is 5.91 Å². The van der Waals surface area contributed by atoms with Crippen LogP contribution in [0.5, 0.6) is 0 Å². The van der Waals surface area contributed by atoms with Crippen molar-refractivity contribution in [2.75, 3.05) is 26.4 Å². The number of nitrogens with one attached hydrogen (secondary N) is 1. The molecule has 4 aliphatic heterocycles. The summed E-state index contributed by atoms with van der Waals surface area (Å²) in [6.45, 7) is -1.56. The summed E-state index contributed by atoms with van der Waals surface area (Å²) in [5.41, 5.74) is 0. The second-order valence-corrected chi connectivity index (χ2v) is 13.7. The molecule has 0 saturated carbocycles. The SMILES string of the molecule is CC(=O)NC1[C@H](O[C@H]2C(CO)O[C@@H](O[C@@H]3C(CO)OC(O)C(O)[C@H]3O)C(O)[C@H]2O[C@]2(C(=O)O)CC(O)[C@@H](C)[C@H]([C@H](O)[C@H](O)CO)O2)OC(CO)[C@H](O)[C@@H]1O. The Labute approximate surface area is 306 Å². The average molecular weight is 794 g/mol. The van der Waals surface area contributed by atoms with Crippen molar-refractivity contribution in [2.45, 2.75) is 143 Å². The van der Waals surface area contributed by atoms with Crippen LogP contribution in [-0.4, -0.2) is 232 Å². The molecule has 21 atom stereocenters. The minimum atomic E-state index is -3.06. The van der Waals surface area contributed by atoms with Crippen molar-refractivity contribution < 1.29 is 114 Å². The van der Waals surface area contributed by atoms with Gasteiger partial charge in [-0.1, -0.05) is 6.92 Å². The predicted molar refractivity (Wildman–Crippen MR) is 166 cm³/mol. The molecule has 24 heteroatoms. The normalized spacial score (nSPS) is 47.1. The van der Waals surface area contributed by atoms with Gasteiger partial charge in [-0.25, -0.2) is 4.79 Å². The molecule has 8 unspecified atom stereocenters. The number of hydrogen-bond acceptors (Lipinski definition) is 22. The third kappa shape index (κ3) is 9.13. The lowest BCUT2D eigenvalue weighted by atomic mass is 9.84. The molecule has 314 valence electrons. The number of rotatable bonds is 14. The van der Waals surface area contributed by atoms with Crippen molar-refractivity contribution in [1.82, 2.24) is 5.32 Å². The summed E-state index contributed by atoms with van der Waals surface area (Å²) in [5.74, 6) is -6.91. The van der Waals surface area contributed by atoms with Crippen LogP contribution in [-0.2, 0) is 42.7 Å². The smallest absolute Gasteiger partial charge is 0.364 e. The van der Waals surface area contributed by atoms with Gasteiger partial charge in [0.05, 0.1) is 38.6 Å². The minimum absolute atomic E-state index is 0.775. The lowest BCUT2D eigenvalue weighted by molar-refractivity contribution is -0.401. The highest BCUT2D eigenvalue weighted by Gasteiger charge is 2.60. The molecule has 0 aromatic heterocycles. The number of aliphatic carboxylic acids is 1. The Morgan fingerprint density at radius 3 is 1.89 bits per heavy atom. The fourth-order valence-electron chi connectivity index (χ4n) is 6.83. The Bertz CT molecular complexity index is 1230. The number of hydrogen-bond donors (Lipinski definition) is 15. The van der Waals surface area contributed by atoms with Crippen LogP contribution >= 0.6 is 0 Å². The van der Waals surface area contributed by atoms with E-state index in [-0.39, 0.29) is 0 Å². The van der Waals surface area contributed by atoms with Crippen molar-refractivity contribution in [2.24, 2.45) is 5.92 Å². The minimum Gasteiger partial charge on any atom is -0.477 e. The predicted octanol–water partition coefficient (Wildman–Crippen LogP) is -9.12. The van der Waals surface area contributed by atoms with E-state index >= 15 is 0 Å². The zero-order chi connectivity index (χ0) is 40.4. The zero-order valence-corrected chi connectivity index (χ0v) is 29.0. The molecule has 1 amide bonds. The molecule has 4 heterocycles. The second kappa shape index (κ2) is 18.6. The monoisotopic (exact) mass is 793 g/mol. The van der Waals surface area contributed by atoms with Gasteiger partial charge in [-0.15, -0.1) is 0 Å². The van der Waals surface area contributed by atoms with Crippen LogP contribution in [0.2, 0.25) is 0 Å². The maximum Gasteiger partial charge on any atom is 0.364 e. The molecule has 54 heavy (non-hydrogen) atoms. The van der Waals surface area contributed by atoms with Gasteiger partial charge in [0, 0.05) is 19.3 Å². The number of carbonyl (C=O) groups is 2. The molecular formula is C30H51NO23. The average Bonchev–Trinajstić information content (AvgIpc) is 3.13. The molecule has 0 radical (unpaired) electrons. The van der Waals surface area contributed by atoms with Crippen molar-refractivity contribution >= 4 is 11.9 Å². The molecule has 4 rings (SSSR count). The van der Waals surface area contributed by atoms with Crippen LogP contribution in [0.15, 0.2) is 0 Å². The fraction of sp³-hybridized carbons (Fsp3) is 0.933. The second-order valence-electron chi connectivity index (χ2n) is 13.7. The standard InChI is InChI=1S/C30H51NO23/c1-8-10(37)3-30(29(46)47,53-22(8)16(39)11(38)4-32)54-25-21(44)28(51-23-13(6-34)48-26(45)20(43)19(23)42)50-14(7-35)24(25)52-27-15(31-9(2)36)18(41)17(40)12(5-33)49-27/h8,10-28,32-35,37-45H,3-7H2,1-2H3,(H,31,36)(H,46,47)/t8-,10?,11-,12?,13?,14?,15?,16-,17+,18-,19-,20?,21?,22-,23-,24+,25-,26?,27+,28+,30+/m1/s1. The van der Waals surface area contributed by atoms with Gasteiger partial charge in [0.15, 0.2) is 18.9 Å². The van der Waals surface area contributed by atoms with E-state index in [0.717, 1.165) is 6.92 Å². The highest BCUT2D eigenvalue weighted by Crippen LogP contribution is 2.41. The highest BCUT2D eigenvalue weighted by atomic mass is 16.8. The van der Waals surface area contributed by atoms with Crippen molar-refractivity contribution in [1.29, 1.82) is 0 Å². The van der Waals surface area contributed by atoms with E-state index in [4.69, 9.17) is 33.2 Å². The highest BCUT2D eigenvalue weighted by molar-refractivity contribution is 5.76. The third-order valence-corrected chi connectivity index (χ3v) is 9.97. The molecule has 0 aromatic rings. The van der Waals surface area contributed by atoms with E-state index in [0.29, 0.717) is 0 Å². The van der Waals surface area contributed by atoms with Crippen LogP contribution in [0.25, 0.3) is 0 Å². The van der Waals surface area contributed by atoms with Crippen molar-refractivity contribution in [3.63, 3.8) is 0 Å². The molecular weight excluding hydrogens is 742 g/mol. The first-order valence-electron chi connectivity index (χ1n) is 17.1. The van der Waals surface area contributed by atoms with Crippen LogP contribution in [0.1, 0.15) is 20.3 Å². The summed E-state index contributed by atoms with van der Waals surface area (Å²) in [4.78, 5) is 25.1. The summed E-state index contributed by atoms with van der Waals surface area (Å²) in [7, 11) is 0. The molecule has 0 aliphatic carbocycles. The van der Waals surface area contributed by atoms with Gasteiger partial charge < -0.3 is 110 Å². The summed E-state index contributed by atoms with van der Waals surface area (Å²) >= 11 is 0. The number of amides is 1. The van der Waals surface area contributed by atoms with Crippen LogP contribution in [0.4, 0.5) is 0 Å². The van der Waals surface area contributed by atoms with Gasteiger partial charge in [0.1, 0.15) is 85.4 Å². The van der Waals surface area contributed by atoms with Gasteiger partial charge in [0.25, 0.3) is 5.79 Å². The molecule has 0 bridgehead atoms. The molecule has 4 aliphatic rings. The maximum atomic E-state index is 13.0. The molecule has 0 spiro atoms. The first kappa shape index (κ1) is 44.8. The van der Waals surface area contributed by atoms with E-state index in [1.807, 2.05) is 0 Å². The van der Waals surface area contributed by atoms with E-state index in [1.54, 1.807) is 0 Å². The number of aliphatic hydroxyl groups is 13. The molecule has 0 aromatic carbocycles. The fourth-order valence-corrected chi connectivity index (χ4v) is 6.83. The van der Waals surface area contributed by atoms with E-state index in [9.17, 15) is 81.1 Å². The number of aliphatic hydroxyl groups excluding tert-OH is 13. The number of carbonyl (C=O) groups excluding carboxylic acids is 1. The lowest BCUT2D eigenvalue weighted by Gasteiger charge is -2.52. The summed E-state index contributed by atoms with van der Waals surface area (Å²) in [6.07, 6.45) is -35.1. The molecule has 4 saturated heterocycles. The molecule has 4 fully saturated rings. The molecule has 15 N–H and O–H groups in total. The number of carboxylic acids is 1.